The van der Waals surface area contributed by atoms with Gasteiger partial charge in [0.2, 0.25) is 0 Å². The van der Waals surface area contributed by atoms with E-state index in [1.165, 1.54) is 9.80 Å². The van der Waals surface area contributed by atoms with Crippen molar-refractivity contribution in [1.29, 1.82) is 0 Å². The van der Waals surface area contributed by atoms with Crippen molar-refractivity contribution in [3.05, 3.63) is 0 Å². The topological polar surface area (TPSA) is 27.3 Å². The summed E-state index contributed by atoms with van der Waals surface area (Å²) in [5, 5.41) is 0. The molecule has 0 fully saturated rings. The van der Waals surface area contributed by atoms with Crippen LogP contribution < -0.4 is 57.8 Å². The zero-order valence-electron chi connectivity index (χ0n) is 16.3. The van der Waals surface area contributed by atoms with E-state index in [9.17, 15) is 0 Å². The average molecular weight is 588 g/mol. The summed E-state index contributed by atoms with van der Waals surface area (Å²) in [6, 6.07) is 0. The summed E-state index contributed by atoms with van der Waals surface area (Å²) >= 11 is 0. The van der Waals surface area contributed by atoms with E-state index in [1.807, 2.05) is 0 Å². The Balaban J connectivity index is -0.00000200. The summed E-state index contributed by atoms with van der Waals surface area (Å²) in [4.78, 5) is 2.90. The molecule has 0 bridgehead atoms. The van der Waals surface area contributed by atoms with Crippen LogP contribution in [-0.4, -0.2) is 83.5 Å². The molecule has 0 saturated heterocycles. The summed E-state index contributed by atoms with van der Waals surface area (Å²) in [5.41, 5.74) is 0.844. The fourth-order valence-electron chi connectivity index (χ4n) is 1.95. The third-order valence-electron chi connectivity index (χ3n) is 3.56. The largest absolute Gasteiger partial charge is 1.00 e. The third-order valence-corrected chi connectivity index (χ3v) is 6.94. The summed E-state index contributed by atoms with van der Waals surface area (Å²) in [5.74, 6) is 0. The summed E-state index contributed by atoms with van der Waals surface area (Å²) < 4.78 is 12.4. The maximum absolute atomic E-state index is 6.18. The number of quaternary nitrogens is 2. The van der Waals surface area contributed by atoms with Crippen LogP contribution in [0.3, 0.4) is 0 Å². The van der Waals surface area contributed by atoms with Crippen molar-refractivity contribution in [3.63, 3.8) is 0 Å². The van der Waals surface area contributed by atoms with Crippen LogP contribution in [0, 0.1) is 0 Å². The fourth-order valence-corrected chi connectivity index (χ4v) is 4.45. The number of likely N-dealkylation sites (N-methyl/N-ethyl adjacent to an activating group) is 2. The minimum Gasteiger partial charge on any atom is -1.00 e. The van der Waals surface area contributed by atoms with Crippen molar-refractivity contribution in [2.24, 2.45) is 0 Å². The Kier molecular flexibility index (Phi) is 22.0. The standard InChI is InChI=1S/C15H36N2O2Si2.2HI/c1-16(2)9-11-18-14(20(5)6)13-15(21(7)8)19-12-10-17(3)4;;/h14-15H,9-13H2,1-8H3;2*1H. The molecule has 0 amide bonds. The van der Waals surface area contributed by atoms with Gasteiger partial charge < -0.3 is 67.2 Å². The van der Waals surface area contributed by atoms with E-state index in [1.54, 1.807) is 0 Å². The molecule has 2 radical (unpaired) electrons. The van der Waals surface area contributed by atoms with Crippen LogP contribution in [0.2, 0.25) is 26.2 Å². The Morgan fingerprint density at radius 2 is 1.00 bits per heavy atom. The van der Waals surface area contributed by atoms with Crippen molar-refractivity contribution in [3.8, 4) is 0 Å². The first-order chi connectivity index (χ1) is 9.73. The normalized spacial score (nSPS) is 14.1. The SMILES string of the molecule is C[NH+](C)CCOC(CC(OCC[NH+](C)C)[Si](C)C)[Si](C)C.[I-].[I-]. The highest BCUT2D eigenvalue weighted by Crippen LogP contribution is 2.12. The van der Waals surface area contributed by atoms with Gasteiger partial charge in [-0.2, -0.15) is 0 Å². The van der Waals surface area contributed by atoms with Crippen molar-refractivity contribution in [1.82, 2.24) is 0 Å². The van der Waals surface area contributed by atoms with Crippen molar-refractivity contribution in [2.45, 2.75) is 44.1 Å². The monoisotopic (exact) mass is 588 g/mol. The molecule has 0 rings (SSSR count). The lowest BCUT2D eigenvalue weighted by molar-refractivity contribution is -0.858. The van der Waals surface area contributed by atoms with Crippen LogP contribution in [0.1, 0.15) is 6.42 Å². The molecule has 0 aromatic rings. The quantitative estimate of drug-likeness (QED) is 0.175. The molecule has 0 aliphatic heterocycles. The molecule has 2 N–H and O–H groups in total. The van der Waals surface area contributed by atoms with Gasteiger partial charge >= 0.3 is 0 Å². The van der Waals surface area contributed by atoms with Crippen LogP contribution in [0.15, 0.2) is 0 Å². The lowest BCUT2D eigenvalue weighted by Crippen LogP contribution is -3.06. The molecular formula is C15H38I2N2O2Si2. The van der Waals surface area contributed by atoms with E-state index in [-0.39, 0.29) is 48.0 Å². The molecule has 2 unspecified atom stereocenters. The van der Waals surface area contributed by atoms with Crippen LogP contribution in [0.25, 0.3) is 0 Å². The zero-order chi connectivity index (χ0) is 16.4. The highest BCUT2D eigenvalue weighted by molar-refractivity contribution is 6.59. The van der Waals surface area contributed by atoms with Gasteiger partial charge in [-0.25, -0.2) is 0 Å². The molecule has 0 aromatic heterocycles. The number of nitrogens with one attached hydrogen (secondary N) is 2. The Morgan fingerprint density at radius 3 is 1.22 bits per heavy atom. The number of ether oxygens (including phenoxy) is 2. The lowest BCUT2D eigenvalue weighted by atomic mass is 10.4. The van der Waals surface area contributed by atoms with Gasteiger partial charge in [-0.1, -0.05) is 26.2 Å². The zero-order valence-corrected chi connectivity index (χ0v) is 22.6. The summed E-state index contributed by atoms with van der Waals surface area (Å²) in [6.07, 6.45) is 1.09. The van der Waals surface area contributed by atoms with Gasteiger partial charge in [-0.3, -0.25) is 0 Å². The first-order valence-electron chi connectivity index (χ1n) is 8.15. The average Bonchev–Trinajstić information content (AvgIpc) is 2.34. The van der Waals surface area contributed by atoms with Gasteiger partial charge in [0.1, 0.15) is 13.1 Å². The Bertz CT molecular complexity index is 238. The molecule has 0 aliphatic carbocycles. The highest BCUT2D eigenvalue weighted by atomic mass is 127. The second kappa shape index (κ2) is 17.2. The number of hydrogen-bond acceptors (Lipinski definition) is 2. The Labute approximate surface area is 182 Å². The van der Waals surface area contributed by atoms with Gasteiger partial charge in [-0.15, -0.1) is 0 Å². The number of hydrogen-bond donors (Lipinski definition) is 2. The van der Waals surface area contributed by atoms with E-state index in [4.69, 9.17) is 9.47 Å². The lowest BCUT2D eigenvalue weighted by Gasteiger charge is -2.28. The Hall–Kier alpha value is 1.73. The maximum Gasteiger partial charge on any atom is 0.100 e. The van der Waals surface area contributed by atoms with E-state index in [0.29, 0.717) is 11.5 Å². The molecular weight excluding hydrogens is 550 g/mol. The Morgan fingerprint density at radius 1 is 0.696 bits per heavy atom. The van der Waals surface area contributed by atoms with E-state index >= 15 is 0 Å². The maximum atomic E-state index is 6.18. The van der Waals surface area contributed by atoms with Crippen LogP contribution in [0.5, 0.6) is 0 Å². The van der Waals surface area contributed by atoms with Gasteiger partial charge in [0, 0.05) is 11.5 Å². The molecule has 2 atom stereocenters. The van der Waals surface area contributed by atoms with Gasteiger partial charge in [0.25, 0.3) is 0 Å². The predicted octanol–water partition coefficient (Wildman–Crippen LogP) is -6.97. The van der Waals surface area contributed by atoms with E-state index in [0.717, 1.165) is 32.7 Å². The summed E-state index contributed by atoms with van der Waals surface area (Å²) in [6.45, 7) is 13.3. The second-order valence-corrected chi connectivity index (χ2v) is 12.6. The first-order valence-corrected chi connectivity index (χ1v) is 13.3. The van der Waals surface area contributed by atoms with Crippen LogP contribution in [0.4, 0.5) is 0 Å². The molecule has 0 saturated carbocycles. The number of rotatable bonds is 12. The molecule has 0 spiro atoms. The smallest absolute Gasteiger partial charge is 0.100 e. The molecule has 4 nitrogen and oxygen atoms in total. The predicted molar refractivity (Wildman–Crippen MR) is 94.4 cm³/mol. The summed E-state index contributed by atoms with van der Waals surface area (Å²) in [7, 11) is 7.83. The van der Waals surface area contributed by atoms with Crippen LogP contribution in [-0.2, 0) is 9.47 Å². The van der Waals surface area contributed by atoms with Crippen LogP contribution >= 0.6 is 0 Å². The fraction of sp³-hybridized carbons (Fsp3) is 1.00. The minimum atomic E-state index is -0.440. The molecule has 0 heterocycles. The van der Waals surface area contributed by atoms with E-state index < -0.39 is 17.6 Å². The number of halogens is 2. The van der Waals surface area contributed by atoms with Gasteiger partial charge in [0.15, 0.2) is 0 Å². The molecule has 8 heteroatoms. The molecule has 23 heavy (non-hydrogen) atoms. The third kappa shape index (κ3) is 16.9. The molecule has 0 aromatic carbocycles. The van der Waals surface area contributed by atoms with Crippen molar-refractivity contribution >= 4 is 17.6 Å². The van der Waals surface area contributed by atoms with E-state index in [2.05, 4.69) is 54.4 Å². The highest BCUT2D eigenvalue weighted by Gasteiger charge is 2.24. The van der Waals surface area contributed by atoms with Crippen molar-refractivity contribution in [2.75, 3.05) is 54.5 Å². The molecule has 0 aliphatic rings. The second-order valence-electron chi connectivity index (χ2n) is 7.02. The molecule has 142 valence electrons. The minimum absolute atomic E-state index is 0. The van der Waals surface area contributed by atoms with Gasteiger partial charge in [-0.05, 0) is 6.42 Å². The first kappa shape index (κ1) is 29.5. The van der Waals surface area contributed by atoms with Gasteiger partial charge in [0.05, 0.1) is 59.0 Å². The van der Waals surface area contributed by atoms with Crippen molar-refractivity contribution < 1.29 is 67.2 Å².